The van der Waals surface area contributed by atoms with E-state index in [0.29, 0.717) is 12.3 Å². The molecule has 0 spiro atoms. The Kier molecular flexibility index (Phi) is 6.50. The lowest BCUT2D eigenvalue weighted by atomic mass is 9.80. The lowest BCUT2D eigenvalue weighted by Crippen LogP contribution is -2.42. The zero-order valence-corrected chi connectivity index (χ0v) is 14.0. The number of amides is 1. The summed E-state index contributed by atoms with van der Waals surface area (Å²) in [4.78, 5) is 14.7. The number of carbonyl (C=O) groups excluding carboxylic acids is 1. The third kappa shape index (κ3) is 5.43. The van der Waals surface area contributed by atoms with Gasteiger partial charge in [-0.2, -0.15) is 0 Å². The number of aliphatic hydroxyl groups excluding tert-OH is 1. The van der Waals surface area contributed by atoms with Gasteiger partial charge in [0.15, 0.2) is 0 Å². The van der Waals surface area contributed by atoms with Crippen LogP contribution in [0, 0.1) is 11.3 Å². The number of aliphatic hydroxyl groups is 1. The Hall–Kier alpha value is -0.570. The van der Waals surface area contributed by atoms with E-state index in [1.807, 2.05) is 6.92 Å². The van der Waals surface area contributed by atoms with E-state index in [1.165, 1.54) is 12.8 Å². The highest BCUT2D eigenvalue weighted by Gasteiger charge is 2.29. The van der Waals surface area contributed by atoms with Gasteiger partial charge in [-0.1, -0.05) is 40.5 Å². The van der Waals surface area contributed by atoms with Gasteiger partial charge in [0.25, 0.3) is 0 Å². The molecule has 0 aromatic rings. The molecule has 3 heteroatoms. The van der Waals surface area contributed by atoms with Gasteiger partial charge in [-0.25, -0.2) is 0 Å². The fourth-order valence-electron chi connectivity index (χ4n) is 2.83. The van der Waals surface area contributed by atoms with Crippen molar-refractivity contribution in [3.63, 3.8) is 0 Å². The number of likely N-dealkylation sites (tertiary alicyclic amines) is 1. The minimum absolute atomic E-state index is 0.168. The Morgan fingerprint density at radius 2 is 1.90 bits per heavy atom. The molecule has 3 unspecified atom stereocenters. The summed E-state index contributed by atoms with van der Waals surface area (Å²) < 4.78 is 0. The topological polar surface area (TPSA) is 40.5 Å². The third-order valence-electron chi connectivity index (χ3n) is 4.77. The number of carbonyl (C=O) groups is 1. The van der Waals surface area contributed by atoms with Gasteiger partial charge in [-0.15, -0.1) is 0 Å². The molecule has 118 valence electrons. The molecule has 1 heterocycles. The monoisotopic (exact) mass is 283 g/mol. The Balaban J connectivity index is 2.69. The summed E-state index contributed by atoms with van der Waals surface area (Å²) in [5.41, 5.74) is 0.168. The Bertz CT molecular complexity index is 307. The van der Waals surface area contributed by atoms with Crippen molar-refractivity contribution in [3.8, 4) is 0 Å². The first kappa shape index (κ1) is 17.5. The number of rotatable bonds is 4. The maximum Gasteiger partial charge on any atom is 0.223 e. The Labute approximate surface area is 124 Å². The fourth-order valence-corrected chi connectivity index (χ4v) is 2.83. The van der Waals surface area contributed by atoms with Gasteiger partial charge in [-0.3, -0.25) is 4.79 Å². The third-order valence-corrected chi connectivity index (χ3v) is 4.77. The average molecular weight is 283 g/mol. The van der Waals surface area contributed by atoms with Gasteiger partial charge in [-0.05, 0) is 37.5 Å². The van der Waals surface area contributed by atoms with Crippen molar-refractivity contribution in [1.29, 1.82) is 0 Å². The smallest absolute Gasteiger partial charge is 0.223 e. The number of hydrogen-bond acceptors (Lipinski definition) is 2. The highest BCUT2D eigenvalue weighted by atomic mass is 16.3. The molecule has 1 saturated heterocycles. The molecule has 1 N–H and O–H groups in total. The van der Waals surface area contributed by atoms with E-state index in [9.17, 15) is 9.90 Å². The first-order chi connectivity index (χ1) is 9.21. The molecular formula is C17H33NO2. The van der Waals surface area contributed by atoms with Crippen molar-refractivity contribution in [3.05, 3.63) is 0 Å². The molecule has 0 saturated carbocycles. The van der Waals surface area contributed by atoms with E-state index in [4.69, 9.17) is 0 Å². The van der Waals surface area contributed by atoms with Crippen molar-refractivity contribution in [2.45, 2.75) is 85.3 Å². The standard InChI is InChI=1S/C17H33NO2/c1-13(17(3,4)5)11-16(20)18-10-8-6-7-9-15(18)12-14(2)19/h13-15,19H,6-12H2,1-5H3. The molecule has 1 fully saturated rings. The van der Waals surface area contributed by atoms with Crippen LogP contribution in [0.15, 0.2) is 0 Å². The van der Waals surface area contributed by atoms with Gasteiger partial charge in [0, 0.05) is 19.0 Å². The summed E-state index contributed by atoms with van der Waals surface area (Å²) in [6.45, 7) is 11.4. The molecule has 0 radical (unpaired) electrons. The normalized spacial score (nSPS) is 24.1. The van der Waals surface area contributed by atoms with E-state index in [2.05, 4.69) is 32.6 Å². The van der Waals surface area contributed by atoms with Crippen molar-refractivity contribution in [2.24, 2.45) is 11.3 Å². The van der Waals surface area contributed by atoms with Crippen LogP contribution < -0.4 is 0 Å². The second kappa shape index (κ2) is 7.44. The van der Waals surface area contributed by atoms with E-state index in [0.717, 1.165) is 25.8 Å². The number of nitrogens with zero attached hydrogens (tertiary/aromatic N) is 1. The van der Waals surface area contributed by atoms with Crippen LogP contribution in [0.5, 0.6) is 0 Å². The van der Waals surface area contributed by atoms with Crippen LogP contribution in [0.25, 0.3) is 0 Å². The molecule has 20 heavy (non-hydrogen) atoms. The predicted molar refractivity (Wildman–Crippen MR) is 83.5 cm³/mol. The van der Waals surface area contributed by atoms with E-state index < -0.39 is 0 Å². The summed E-state index contributed by atoms with van der Waals surface area (Å²) >= 11 is 0. The van der Waals surface area contributed by atoms with Crippen LogP contribution in [0.3, 0.4) is 0 Å². The Morgan fingerprint density at radius 3 is 2.45 bits per heavy atom. The second-order valence-electron chi connectivity index (χ2n) is 7.65. The molecule has 0 aliphatic carbocycles. The summed E-state index contributed by atoms with van der Waals surface area (Å²) in [5.74, 6) is 0.658. The summed E-state index contributed by atoms with van der Waals surface area (Å²) in [5, 5.41) is 9.67. The van der Waals surface area contributed by atoms with Crippen LogP contribution in [-0.2, 0) is 4.79 Å². The zero-order valence-electron chi connectivity index (χ0n) is 14.0. The molecule has 0 aromatic heterocycles. The van der Waals surface area contributed by atoms with Crippen molar-refractivity contribution in [1.82, 2.24) is 4.90 Å². The lowest BCUT2D eigenvalue weighted by molar-refractivity contribution is -0.135. The quantitative estimate of drug-likeness (QED) is 0.856. The average Bonchev–Trinajstić information content (AvgIpc) is 2.52. The predicted octanol–water partition coefficient (Wildman–Crippen LogP) is 3.60. The first-order valence-electron chi connectivity index (χ1n) is 8.19. The van der Waals surface area contributed by atoms with Gasteiger partial charge in [0.1, 0.15) is 0 Å². The van der Waals surface area contributed by atoms with Crippen molar-refractivity contribution < 1.29 is 9.90 Å². The minimum atomic E-state index is -0.326. The maximum atomic E-state index is 12.6. The van der Waals surface area contributed by atoms with Crippen LogP contribution in [0.1, 0.15) is 73.1 Å². The van der Waals surface area contributed by atoms with Gasteiger partial charge in [0.05, 0.1) is 6.10 Å². The molecule has 1 amide bonds. The van der Waals surface area contributed by atoms with Gasteiger partial charge in [0.2, 0.25) is 5.91 Å². The highest BCUT2D eigenvalue weighted by molar-refractivity contribution is 5.76. The molecular weight excluding hydrogens is 250 g/mol. The van der Waals surface area contributed by atoms with Crippen LogP contribution in [-0.4, -0.2) is 34.6 Å². The maximum absolute atomic E-state index is 12.6. The first-order valence-corrected chi connectivity index (χ1v) is 8.19. The highest BCUT2D eigenvalue weighted by Crippen LogP contribution is 2.30. The number of hydrogen-bond donors (Lipinski definition) is 1. The van der Waals surface area contributed by atoms with Crippen molar-refractivity contribution >= 4 is 5.91 Å². The van der Waals surface area contributed by atoms with Crippen molar-refractivity contribution in [2.75, 3.05) is 6.54 Å². The van der Waals surface area contributed by atoms with Crippen LogP contribution in [0.4, 0.5) is 0 Å². The minimum Gasteiger partial charge on any atom is -0.393 e. The summed E-state index contributed by atoms with van der Waals surface area (Å²) in [7, 11) is 0. The Morgan fingerprint density at radius 1 is 1.25 bits per heavy atom. The van der Waals surface area contributed by atoms with E-state index in [1.54, 1.807) is 0 Å². The fraction of sp³-hybridized carbons (Fsp3) is 0.941. The molecule has 1 aliphatic rings. The summed E-state index contributed by atoms with van der Waals surface area (Å²) in [6, 6.07) is 0.233. The summed E-state index contributed by atoms with van der Waals surface area (Å²) in [6.07, 6.45) is 5.54. The molecule has 0 bridgehead atoms. The van der Waals surface area contributed by atoms with E-state index in [-0.39, 0.29) is 23.5 Å². The molecule has 1 aliphatic heterocycles. The largest absolute Gasteiger partial charge is 0.393 e. The molecule has 3 nitrogen and oxygen atoms in total. The molecule has 1 rings (SSSR count). The molecule has 0 aromatic carbocycles. The van der Waals surface area contributed by atoms with Gasteiger partial charge < -0.3 is 10.0 Å². The van der Waals surface area contributed by atoms with E-state index >= 15 is 0 Å². The second-order valence-corrected chi connectivity index (χ2v) is 7.65. The van der Waals surface area contributed by atoms with Crippen LogP contribution in [0.2, 0.25) is 0 Å². The zero-order chi connectivity index (χ0) is 15.3. The lowest BCUT2D eigenvalue weighted by Gasteiger charge is -2.34. The SMILES string of the molecule is CC(O)CC1CCCCCN1C(=O)CC(C)C(C)(C)C. The van der Waals surface area contributed by atoms with Gasteiger partial charge >= 0.3 is 0 Å². The van der Waals surface area contributed by atoms with Crippen LogP contribution >= 0.6 is 0 Å². The molecule has 3 atom stereocenters.